The van der Waals surface area contributed by atoms with E-state index in [0.717, 1.165) is 26.5 Å². The topological polar surface area (TPSA) is 59.8 Å². The third kappa shape index (κ3) is 3.14. The maximum Gasteiger partial charge on any atom is 0.225 e. The molecule has 0 atom stereocenters. The first-order valence-corrected chi connectivity index (χ1v) is 8.48. The summed E-state index contributed by atoms with van der Waals surface area (Å²) in [6.45, 7) is 0.434. The van der Waals surface area contributed by atoms with Crippen molar-refractivity contribution in [2.45, 2.75) is 6.54 Å². The molecule has 1 aromatic carbocycles. The molecule has 20 heavy (non-hydrogen) atoms. The van der Waals surface area contributed by atoms with Crippen LogP contribution in [0.4, 0.5) is 0 Å². The zero-order valence-electron chi connectivity index (χ0n) is 10.6. The van der Waals surface area contributed by atoms with E-state index in [0.29, 0.717) is 6.54 Å². The lowest BCUT2D eigenvalue weighted by Crippen LogP contribution is -2.37. The second kappa shape index (κ2) is 6.13. The summed E-state index contributed by atoms with van der Waals surface area (Å²) in [7, 11) is 0. The van der Waals surface area contributed by atoms with Gasteiger partial charge in [-0.15, -0.1) is 5.10 Å². The molecule has 1 saturated heterocycles. The van der Waals surface area contributed by atoms with Crippen molar-refractivity contribution in [2.24, 2.45) is 5.92 Å². The molecular weight excluding hydrogens is 387 g/mol. The first kappa shape index (κ1) is 13.9. The lowest BCUT2D eigenvalue weighted by molar-refractivity contribution is -0.124. The van der Waals surface area contributed by atoms with Crippen LogP contribution in [0.3, 0.4) is 0 Å². The van der Waals surface area contributed by atoms with Crippen LogP contribution in [0.15, 0.2) is 30.5 Å². The Balaban J connectivity index is 1.63. The van der Waals surface area contributed by atoms with Crippen molar-refractivity contribution in [3.05, 3.63) is 39.7 Å². The molecule has 2 aromatic rings. The van der Waals surface area contributed by atoms with E-state index in [1.54, 1.807) is 16.4 Å². The molecule has 1 fully saturated rings. The summed E-state index contributed by atoms with van der Waals surface area (Å²) < 4.78 is 2.87. The number of amides is 1. The lowest BCUT2D eigenvalue weighted by atomic mass is 10.2. The quantitative estimate of drug-likeness (QED) is 0.797. The summed E-state index contributed by atoms with van der Waals surface area (Å²) in [5, 5.41) is 11.1. The first-order chi connectivity index (χ1) is 9.72. The van der Waals surface area contributed by atoms with E-state index in [9.17, 15) is 4.79 Å². The van der Waals surface area contributed by atoms with Gasteiger partial charge in [-0.1, -0.05) is 11.3 Å². The van der Waals surface area contributed by atoms with Crippen LogP contribution >= 0.6 is 34.4 Å². The predicted octanol–water partition coefficient (Wildman–Crippen LogP) is 1.85. The molecule has 0 bridgehead atoms. The molecule has 1 N–H and O–H groups in total. The molecule has 7 heteroatoms. The van der Waals surface area contributed by atoms with Crippen molar-refractivity contribution in [1.82, 2.24) is 20.3 Å². The number of thioether (sulfide) groups is 1. The van der Waals surface area contributed by atoms with Gasteiger partial charge in [0.05, 0.1) is 24.3 Å². The molecule has 1 aliphatic rings. The summed E-state index contributed by atoms with van der Waals surface area (Å²) in [6, 6.07) is 8.02. The number of aromatic nitrogens is 3. The van der Waals surface area contributed by atoms with Crippen molar-refractivity contribution >= 4 is 40.3 Å². The van der Waals surface area contributed by atoms with Gasteiger partial charge >= 0.3 is 0 Å². The Morgan fingerprint density at radius 2 is 2.35 bits per heavy atom. The van der Waals surface area contributed by atoms with E-state index in [-0.39, 0.29) is 11.8 Å². The van der Waals surface area contributed by atoms with Gasteiger partial charge in [0.1, 0.15) is 5.69 Å². The molecule has 0 unspecified atom stereocenters. The lowest BCUT2D eigenvalue weighted by Gasteiger charge is -2.23. The van der Waals surface area contributed by atoms with E-state index in [4.69, 9.17) is 0 Å². The van der Waals surface area contributed by atoms with Crippen LogP contribution in [-0.4, -0.2) is 32.4 Å². The molecule has 2 heterocycles. The Labute approximate surface area is 134 Å². The Bertz CT molecular complexity index is 626. The van der Waals surface area contributed by atoms with Gasteiger partial charge in [-0.2, -0.15) is 11.8 Å². The molecule has 0 saturated carbocycles. The maximum atomic E-state index is 11.7. The van der Waals surface area contributed by atoms with E-state index < -0.39 is 0 Å². The molecule has 5 nitrogen and oxygen atoms in total. The van der Waals surface area contributed by atoms with Gasteiger partial charge in [-0.25, -0.2) is 4.68 Å². The average molecular weight is 400 g/mol. The number of hydrogen-bond acceptors (Lipinski definition) is 4. The minimum atomic E-state index is 0.118. The van der Waals surface area contributed by atoms with Gasteiger partial charge in [0.15, 0.2) is 0 Å². The van der Waals surface area contributed by atoms with Gasteiger partial charge in [0, 0.05) is 15.1 Å². The second-order valence-electron chi connectivity index (χ2n) is 4.59. The summed E-state index contributed by atoms with van der Waals surface area (Å²) in [4.78, 5) is 11.7. The molecule has 1 aliphatic heterocycles. The van der Waals surface area contributed by atoms with Gasteiger partial charge in [0.25, 0.3) is 0 Å². The Morgan fingerprint density at radius 3 is 3.05 bits per heavy atom. The highest BCUT2D eigenvalue weighted by Gasteiger charge is 2.25. The highest BCUT2D eigenvalue weighted by Crippen LogP contribution is 2.24. The van der Waals surface area contributed by atoms with Gasteiger partial charge in [0.2, 0.25) is 5.91 Å². The molecule has 0 radical (unpaired) electrons. The van der Waals surface area contributed by atoms with Crippen molar-refractivity contribution in [1.29, 1.82) is 0 Å². The van der Waals surface area contributed by atoms with Crippen molar-refractivity contribution < 1.29 is 4.79 Å². The zero-order valence-corrected chi connectivity index (χ0v) is 13.6. The van der Waals surface area contributed by atoms with Crippen LogP contribution < -0.4 is 5.32 Å². The predicted molar refractivity (Wildman–Crippen MR) is 86.7 cm³/mol. The first-order valence-electron chi connectivity index (χ1n) is 6.25. The standard InChI is InChI=1S/C13H13IN4OS/c14-10-2-1-3-12(4-10)18-6-11(16-17-18)5-15-13(19)9-7-20-8-9/h1-4,6,9H,5,7-8H2,(H,15,19). The van der Waals surface area contributed by atoms with Crippen LogP contribution in [0.2, 0.25) is 0 Å². The molecule has 104 valence electrons. The number of nitrogens with zero attached hydrogens (tertiary/aromatic N) is 3. The fourth-order valence-electron chi connectivity index (χ4n) is 1.83. The summed E-state index contributed by atoms with van der Waals surface area (Å²) in [5.41, 5.74) is 1.74. The smallest absolute Gasteiger partial charge is 0.225 e. The van der Waals surface area contributed by atoms with Crippen LogP contribution in [0.5, 0.6) is 0 Å². The number of hydrogen-bond donors (Lipinski definition) is 1. The maximum absolute atomic E-state index is 11.7. The monoisotopic (exact) mass is 400 g/mol. The van der Waals surface area contributed by atoms with Crippen molar-refractivity contribution in [2.75, 3.05) is 11.5 Å². The largest absolute Gasteiger partial charge is 0.350 e. The minimum absolute atomic E-state index is 0.118. The number of carbonyl (C=O) groups is 1. The van der Waals surface area contributed by atoms with Gasteiger partial charge in [-0.05, 0) is 40.8 Å². The second-order valence-corrected chi connectivity index (χ2v) is 6.91. The SMILES string of the molecule is O=C(NCc1cn(-c2cccc(I)c2)nn1)C1CSC1. The summed E-state index contributed by atoms with van der Waals surface area (Å²) in [6.07, 6.45) is 1.85. The number of nitrogens with one attached hydrogen (secondary N) is 1. The van der Waals surface area contributed by atoms with Crippen molar-refractivity contribution in [3.63, 3.8) is 0 Å². The normalized spacial score (nSPS) is 14.8. The Hall–Kier alpha value is -1.09. The highest BCUT2D eigenvalue weighted by molar-refractivity contribution is 14.1. The molecule has 1 aromatic heterocycles. The molecule has 1 amide bonds. The van der Waals surface area contributed by atoms with Crippen LogP contribution in [-0.2, 0) is 11.3 Å². The Morgan fingerprint density at radius 1 is 1.50 bits per heavy atom. The molecule has 0 spiro atoms. The minimum Gasteiger partial charge on any atom is -0.350 e. The number of carbonyl (C=O) groups excluding carboxylic acids is 1. The summed E-state index contributed by atoms with van der Waals surface area (Å²) >= 11 is 4.07. The van der Waals surface area contributed by atoms with E-state index in [1.165, 1.54) is 0 Å². The van der Waals surface area contributed by atoms with Crippen molar-refractivity contribution in [3.8, 4) is 5.69 Å². The third-order valence-corrected chi connectivity index (χ3v) is 5.01. The van der Waals surface area contributed by atoms with E-state index in [2.05, 4.69) is 38.2 Å². The third-order valence-electron chi connectivity index (χ3n) is 3.07. The highest BCUT2D eigenvalue weighted by atomic mass is 127. The number of halogens is 1. The molecular formula is C13H13IN4OS. The Kier molecular flexibility index (Phi) is 4.25. The number of benzene rings is 1. The van der Waals surface area contributed by atoms with Crippen LogP contribution in [0.1, 0.15) is 5.69 Å². The van der Waals surface area contributed by atoms with Crippen LogP contribution in [0.25, 0.3) is 5.69 Å². The van der Waals surface area contributed by atoms with E-state index >= 15 is 0 Å². The average Bonchev–Trinajstić information content (AvgIpc) is 2.83. The summed E-state index contributed by atoms with van der Waals surface area (Å²) in [5.74, 6) is 2.15. The van der Waals surface area contributed by atoms with Gasteiger partial charge < -0.3 is 5.32 Å². The van der Waals surface area contributed by atoms with E-state index in [1.807, 2.05) is 30.5 Å². The fraction of sp³-hybridized carbons (Fsp3) is 0.308. The molecule has 3 rings (SSSR count). The zero-order chi connectivity index (χ0) is 13.9. The van der Waals surface area contributed by atoms with Gasteiger partial charge in [-0.3, -0.25) is 4.79 Å². The fourth-order valence-corrected chi connectivity index (χ4v) is 3.13. The molecule has 0 aliphatic carbocycles. The van der Waals surface area contributed by atoms with Crippen LogP contribution in [0, 0.1) is 9.49 Å². The number of rotatable bonds is 4.